The van der Waals surface area contributed by atoms with Gasteiger partial charge in [-0.15, -0.1) is 0 Å². The maximum atomic E-state index is 12.9. The van der Waals surface area contributed by atoms with E-state index in [4.69, 9.17) is 10.5 Å². The number of nitrogens with one attached hydrogen (secondary N) is 1. The normalized spacial score (nSPS) is 22.4. The molecule has 2 heterocycles. The fourth-order valence-corrected chi connectivity index (χ4v) is 5.09. The second-order valence-electron chi connectivity index (χ2n) is 9.34. The standard InChI is InChI=1S/C25H22F2N6O3/c26-24(27)33-13-17(12-31-33)15-4-14(11-28)5-16(6-15)22(35)32-18-7-25(8-18)9-19(10-25)36-23-20(21(29)34)2-1-3-30-23/h1-6,12-13,18-19,24H,7-10H2,(H2,29,34)(H,32,35). The Morgan fingerprint density at radius 1 is 1.22 bits per heavy atom. The number of pyridine rings is 1. The predicted molar refractivity (Wildman–Crippen MR) is 123 cm³/mol. The van der Waals surface area contributed by atoms with E-state index in [2.05, 4.69) is 15.4 Å². The highest BCUT2D eigenvalue weighted by Gasteiger charge is 2.54. The van der Waals surface area contributed by atoms with Gasteiger partial charge in [-0.1, -0.05) is 0 Å². The molecule has 0 saturated heterocycles. The van der Waals surface area contributed by atoms with Crippen LogP contribution in [0.25, 0.3) is 11.1 Å². The molecule has 11 heteroatoms. The van der Waals surface area contributed by atoms with Crippen molar-refractivity contribution in [3.05, 3.63) is 65.6 Å². The van der Waals surface area contributed by atoms with Crippen molar-refractivity contribution < 1.29 is 23.1 Å². The lowest BCUT2D eigenvalue weighted by Gasteiger charge is -2.57. The summed E-state index contributed by atoms with van der Waals surface area (Å²) >= 11 is 0. The summed E-state index contributed by atoms with van der Waals surface area (Å²) in [7, 11) is 0. The Balaban J connectivity index is 1.18. The SMILES string of the molecule is N#Cc1cc(C(=O)NC2CC3(C2)CC(Oc2ncccc2C(N)=O)C3)cc(-c2cnn(C(F)F)c2)c1. The van der Waals surface area contributed by atoms with Gasteiger partial charge in [0.15, 0.2) is 0 Å². The number of rotatable bonds is 7. The lowest BCUT2D eigenvalue weighted by atomic mass is 9.53. The van der Waals surface area contributed by atoms with E-state index in [9.17, 15) is 23.6 Å². The number of nitrogens with two attached hydrogens (primary N) is 1. The van der Waals surface area contributed by atoms with Crippen LogP contribution in [0.3, 0.4) is 0 Å². The highest BCUT2D eigenvalue weighted by atomic mass is 19.3. The minimum Gasteiger partial charge on any atom is -0.474 e. The van der Waals surface area contributed by atoms with Gasteiger partial charge in [0.1, 0.15) is 11.7 Å². The van der Waals surface area contributed by atoms with Gasteiger partial charge in [-0.3, -0.25) is 9.59 Å². The quantitative estimate of drug-likeness (QED) is 0.519. The number of primary amides is 1. The van der Waals surface area contributed by atoms with Crippen molar-refractivity contribution in [2.45, 2.75) is 44.4 Å². The first-order valence-corrected chi connectivity index (χ1v) is 11.4. The van der Waals surface area contributed by atoms with Crippen molar-refractivity contribution in [3.8, 4) is 23.1 Å². The molecule has 3 N–H and O–H groups in total. The Kier molecular flexibility index (Phi) is 5.88. The second-order valence-corrected chi connectivity index (χ2v) is 9.34. The molecule has 9 nitrogen and oxygen atoms in total. The molecule has 0 bridgehead atoms. The van der Waals surface area contributed by atoms with Crippen LogP contribution in [-0.4, -0.2) is 38.7 Å². The Morgan fingerprint density at radius 3 is 2.67 bits per heavy atom. The van der Waals surface area contributed by atoms with Gasteiger partial charge >= 0.3 is 6.55 Å². The average molecular weight is 492 g/mol. The van der Waals surface area contributed by atoms with Crippen LogP contribution >= 0.6 is 0 Å². The third-order valence-corrected chi connectivity index (χ3v) is 6.79. The van der Waals surface area contributed by atoms with Crippen molar-refractivity contribution in [1.82, 2.24) is 20.1 Å². The minimum atomic E-state index is -2.78. The molecule has 2 aliphatic rings. The molecule has 5 rings (SSSR count). The maximum absolute atomic E-state index is 12.9. The number of carbonyl (C=O) groups excluding carboxylic acids is 2. The molecule has 2 amide bonds. The van der Waals surface area contributed by atoms with Gasteiger partial charge < -0.3 is 15.8 Å². The Bertz CT molecular complexity index is 1370. The number of alkyl halides is 2. The average Bonchev–Trinajstić information content (AvgIpc) is 3.32. The number of amides is 2. The van der Waals surface area contributed by atoms with E-state index in [0.717, 1.165) is 25.7 Å². The van der Waals surface area contributed by atoms with Crippen LogP contribution in [0.1, 0.15) is 58.5 Å². The zero-order valence-corrected chi connectivity index (χ0v) is 19.0. The summed E-state index contributed by atoms with van der Waals surface area (Å²) in [5.74, 6) is -0.688. The Labute approximate surface area is 204 Å². The van der Waals surface area contributed by atoms with Crippen molar-refractivity contribution >= 4 is 11.8 Å². The molecule has 184 valence electrons. The molecule has 0 aliphatic heterocycles. The molecular formula is C25H22F2N6O3. The number of nitrogens with zero attached hydrogens (tertiary/aromatic N) is 4. The van der Waals surface area contributed by atoms with Gasteiger partial charge in [0.25, 0.3) is 11.8 Å². The number of nitriles is 1. The van der Waals surface area contributed by atoms with Crippen LogP contribution < -0.4 is 15.8 Å². The van der Waals surface area contributed by atoms with Crippen molar-refractivity contribution in [2.75, 3.05) is 0 Å². The van der Waals surface area contributed by atoms with Crippen LogP contribution in [0.15, 0.2) is 48.9 Å². The first-order valence-electron chi connectivity index (χ1n) is 11.4. The number of aromatic nitrogens is 3. The number of ether oxygens (including phenoxy) is 1. The van der Waals surface area contributed by atoms with Gasteiger partial charge in [-0.05, 0) is 67.0 Å². The molecule has 2 fully saturated rings. The van der Waals surface area contributed by atoms with E-state index >= 15 is 0 Å². The second kappa shape index (κ2) is 9.03. The first kappa shape index (κ1) is 23.4. The predicted octanol–water partition coefficient (Wildman–Crippen LogP) is 3.43. The zero-order valence-electron chi connectivity index (χ0n) is 19.0. The molecule has 2 saturated carbocycles. The summed E-state index contributed by atoms with van der Waals surface area (Å²) in [6.45, 7) is -2.78. The molecule has 2 aromatic heterocycles. The van der Waals surface area contributed by atoms with Crippen LogP contribution in [0, 0.1) is 16.7 Å². The summed E-state index contributed by atoms with van der Waals surface area (Å²) in [5, 5.41) is 16.0. The molecule has 0 unspecified atom stereocenters. The van der Waals surface area contributed by atoms with Gasteiger partial charge in [0.05, 0.1) is 17.8 Å². The molecule has 1 spiro atoms. The zero-order chi connectivity index (χ0) is 25.4. The smallest absolute Gasteiger partial charge is 0.333 e. The molecule has 1 aromatic carbocycles. The van der Waals surface area contributed by atoms with E-state index in [1.807, 2.05) is 6.07 Å². The van der Waals surface area contributed by atoms with E-state index in [0.29, 0.717) is 15.8 Å². The summed E-state index contributed by atoms with van der Waals surface area (Å²) in [6, 6.07) is 9.75. The van der Waals surface area contributed by atoms with Gasteiger partial charge in [-0.2, -0.15) is 19.1 Å². The topological polar surface area (TPSA) is 136 Å². The highest BCUT2D eigenvalue weighted by Crippen LogP contribution is 2.56. The monoisotopic (exact) mass is 492 g/mol. The van der Waals surface area contributed by atoms with Crippen molar-refractivity contribution in [2.24, 2.45) is 11.1 Å². The fourth-order valence-electron chi connectivity index (χ4n) is 5.09. The first-order chi connectivity index (χ1) is 17.2. The Morgan fingerprint density at radius 2 is 2.00 bits per heavy atom. The Hall–Kier alpha value is -4.33. The molecule has 36 heavy (non-hydrogen) atoms. The molecule has 3 aromatic rings. The van der Waals surface area contributed by atoms with Gasteiger partial charge in [0.2, 0.25) is 5.88 Å². The number of benzene rings is 1. The third-order valence-electron chi connectivity index (χ3n) is 6.79. The van der Waals surface area contributed by atoms with Crippen LogP contribution in [0.2, 0.25) is 0 Å². The maximum Gasteiger partial charge on any atom is 0.333 e. The molecule has 2 aliphatic carbocycles. The van der Waals surface area contributed by atoms with E-state index in [1.165, 1.54) is 24.5 Å². The summed E-state index contributed by atoms with van der Waals surface area (Å²) in [4.78, 5) is 28.6. The van der Waals surface area contributed by atoms with Crippen molar-refractivity contribution in [3.63, 3.8) is 0 Å². The fraction of sp³-hybridized carbons (Fsp3) is 0.320. The van der Waals surface area contributed by atoms with Crippen LogP contribution in [-0.2, 0) is 0 Å². The number of carbonyl (C=O) groups is 2. The van der Waals surface area contributed by atoms with Gasteiger partial charge in [0, 0.05) is 29.6 Å². The number of halogens is 2. The molecule has 0 atom stereocenters. The number of hydrogen-bond acceptors (Lipinski definition) is 6. The lowest BCUT2D eigenvalue weighted by molar-refractivity contribution is -0.0848. The third kappa shape index (κ3) is 4.49. The highest BCUT2D eigenvalue weighted by molar-refractivity contribution is 5.96. The van der Waals surface area contributed by atoms with Crippen molar-refractivity contribution in [1.29, 1.82) is 5.26 Å². The van der Waals surface area contributed by atoms with E-state index < -0.39 is 12.5 Å². The summed E-state index contributed by atoms with van der Waals surface area (Å²) < 4.78 is 32.1. The van der Waals surface area contributed by atoms with Crippen LogP contribution in [0.4, 0.5) is 8.78 Å². The largest absolute Gasteiger partial charge is 0.474 e. The summed E-state index contributed by atoms with van der Waals surface area (Å²) in [5.41, 5.74) is 7.07. The van der Waals surface area contributed by atoms with Gasteiger partial charge in [-0.25, -0.2) is 9.67 Å². The van der Waals surface area contributed by atoms with E-state index in [-0.39, 0.29) is 46.0 Å². The van der Waals surface area contributed by atoms with E-state index in [1.54, 1.807) is 24.4 Å². The molecule has 0 radical (unpaired) electrons. The number of hydrogen-bond donors (Lipinski definition) is 2. The summed E-state index contributed by atoms with van der Waals surface area (Å²) in [6.07, 6.45) is 7.07. The lowest BCUT2D eigenvalue weighted by Crippen LogP contribution is -2.58. The van der Waals surface area contributed by atoms with Crippen LogP contribution in [0.5, 0.6) is 5.88 Å². The molecular weight excluding hydrogens is 470 g/mol. The minimum absolute atomic E-state index is 0.0229.